The molecule has 0 aliphatic carbocycles. The summed E-state index contributed by atoms with van der Waals surface area (Å²) < 4.78 is 44.5. The van der Waals surface area contributed by atoms with Crippen LogP contribution in [0.5, 0.6) is 0 Å². The molecule has 0 heterocycles. The zero-order valence-electron chi connectivity index (χ0n) is 15.3. The number of rotatable bonds is 6. The second-order valence-electron chi connectivity index (χ2n) is 7.53. The first-order valence-corrected chi connectivity index (χ1v) is 10.9. The van der Waals surface area contributed by atoms with Crippen LogP contribution < -0.4 is 5.32 Å². The molecule has 0 bridgehead atoms. The molecule has 9 heteroatoms. The number of halogens is 3. The highest BCUT2D eigenvalue weighted by Crippen LogP contribution is 2.40. The molecule has 1 amide bonds. The molecule has 1 aromatic rings. The molecule has 1 aromatic carbocycles. The van der Waals surface area contributed by atoms with E-state index in [1.54, 1.807) is 0 Å². The van der Waals surface area contributed by atoms with E-state index in [9.17, 15) is 22.8 Å². The van der Waals surface area contributed by atoms with Crippen LogP contribution >= 0.6 is 0 Å². The zero-order chi connectivity index (χ0) is 20.3. The lowest BCUT2D eigenvalue weighted by Gasteiger charge is -2.40. The smallest absolute Gasteiger partial charge is 0.416 e. The number of carbonyl (C=O) groups is 2. The molecular weight excluding hydrogens is 367 g/mol. The third-order valence-electron chi connectivity index (χ3n) is 4.56. The minimum absolute atomic E-state index is 0.242. The predicted octanol–water partition coefficient (Wildman–Crippen LogP) is 4.60. The van der Waals surface area contributed by atoms with Gasteiger partial charge in [0.25, 0.3) is 0 Å². The van der Waals surface area contributed by atoms with Gasteiger partial charge in [-0.15, -0.1) is 0 Å². The van der Waals surface area contributed by atoms with E-state index in [1.165, 1.54) is 12.1 Å². The lowest BCUT2D eigenvalue weighted by atomic mass is 10.0. The fourth-order valence-electron chi connectivity index (χ4n) is 2.03. The second kappa shape index (κ2) is 7.79. The highest BCUT2D eigenvalue weighted by Gasteiger charge is 2.42. The molecule has 0 aliphatic rings. The number of hydrogen-bond donors (Lipinski definition) is 2. The summed E-state index contributed by atoms with van der Waals surface area (Å²) in [6.07, 6.45) is -6.54. The molecule has 1 rings (SSSR count). The summed E-state index contributed by atoms with van der Waals surface area (Å²) in [5.41, 5.74) is -0.533. The van der Waals surface area contributed by atoms with E-state index in [1.807, 2.05) is 33.9 Å². The van der Waals surface area contributed by atoms with Crippen LogP contribution in [0.25, 0.3) is 0 Å². The van der Waals surface area contributed by atoms with Crippen molar-refractivity contribution in [3.63, 3.8) is 0 Å². The van der Waals surface area contributed by atoms with Gasteiger partial charge >= 0.3 is 12.3 Å². The van der Waals surface area contributed by atoms with Gasteiger partial charge < -0.3 is 19.6 Å². The maximum atomic E-state index is 12.8. The van der Waals surface area contributed by atoms with Gasteiger partial charge in [-0.25, -0.2) is 4.79 Å². The Labute approximate surface area is 151 Å². The van der Waals surface area contributed by atoms with Gasteiger partial charge in [0, 0.05) is 0 Å². The fraction of sp³-hybridized carbons (Fsp3) is 0.529. The summed E-state index contributed by atoms with van der Waals surface area (Å²) in [6.45, 7) is 9.70. The Morgan fingerprint density at radius 1 is 1.19 bits per heavy atom. The molecule has 0 aliphatic heterocycles. The summed E-state index contributed by atoms with van der Waals surface area (Å²) in [5.74, 6) is 0. The fourth-order valence-corrected chi connectivity index (χ4v) is 3.30. The van der Waals surface area contributed by atoms with Crippen molar-refractivity contribution in [3.8, 4) is 0 Å². The average molecular weight is 391 g/mol. The van der Waals surface area contributed by atoms with Gasteiger partial charge in [-0.1, -0.05) is 32.9 Å². The highest BCUT2D eigenvalue weighted by atomic mass is 28.4. The van der Waals surface area contributed by atoms with Gasteiger partial charge in [-0.05, 0) is 35.8 Å². The molecule has 0 aromatic heterocycles. The topological polar surface area (TPSA) is 75.6 Å². The van der Waals surface area contributed by atoms with Gasteiger partial charge in [-0.2, -0.15) is 13.2 Å². The van der Waals surface area contributed by atoms with Crippen molar-refractivity contribution >= 4 is 20.7 Å². The van der Waals surface area contributed by atoms with Crippen LogP contribution in [0, 0.1) is 0 Å². The summed E-state index contributed by atoms with van der Waals surface area (Å²) >= 11 is 0. The van der Waals surface area contributed by atoms with E-state index in [2.05, 4.69) is 5.32 Å². The molecular formula is C17H24F3NO4Si. The first-order chi connectivity index (χ1) is 11.7. The molecule has 0 saturated heterocycles. The summed E-state index contributed by atoms with van der Waals surface area (Å²) in [4.78, 5) is 22.4. The Balaban J connectivity index is 3.31. The molecule has 0 fully saturated rings. The monoisotopic (exact) mass is 391 g/mol. The van der Waals surface area contributed by atoms with Crippen molar-refractivity contribution in [1.82, 2.24) is 5.32 Å². The van der Waals surface area contributed by atoms with E-state index < -0.39 is 38.3 Å². The first-order valence-electron chi connectivity index (χ1n) is 7.99. The minimum atomic E-state index is -4.49. The Morgan fingerprint density at radius 2 is 1.69 bits per heavy atom. The van der Waals surface area contributed by atoms with Crippen LogP contribution in [0.4, 0.5) is 18.0 Å². The van der Waals surface area contributed by atoms with E-state index in [4.69, 9.17) is 9.53 Å². The normalized spacial score (nSPS) is 15.2. The Kier molecular flexibility index (Phi) is 6.64. The van der Waals surface area contributed by atoms with E-state index in [0.29, 0.717) is 11.8 Å². The molecule has 26 heavy (non-hydrogen) atoms. The van der Waals surface area contributed by atoms with Crippen LogP contribution in [-0.2, 0) is 15.4 Å². The number of aldehydes is 1. The summed E-state index contributed by atoms with van der Waals surface area (Å²) in [6, 6.07) is 2.96. The van der Waals surface area contributed by atoms with Crippen molar-refractivity contribution in [3.05, 3.63) is 35.4 Å². The Hall–Kier alpha value is -1.87. The van der Waals surface area contributed by atoms with Crippen LogP contribution in [0.3, 0.4) is 0 Å². The Morgan fingerprint density at radius 3 is 2.04 bits per heavy atom. The number of hydrogen-bond acceptors (Lipinski definition) is 3. The van der Waals surface area contributed by atoms with Crippen molar-refractivity contribution in [1.29, 1.82) is 0 Å². The molecule has 2 atom stereocenters. The standard InChI is InChI=1S/C17H24F3NO4Si/c1-16(2,3)26(4,5)25-14(13(10-22)21-15(23)24)11-6-8-12(9-7-11)17(18,19)20/h6-10,13-14,21H,1-5H3,(H,23,24)/t13-,14+/m1/s1. The third-order valence-corrected chi connectivity index (χ3v) is 9.01. The lowest BCUT2D eigenvalue weighted by Crippen LogP contribution is -2.48. The number of carboxylic acid groups (broad SMARTS) is 1. The predicted molar refractivity (Wildman–Crippen MR) is 93.5 cm³/mol. The highest BCUT2D eigenvalue weighted by molar-refractivity contribution is 6.74. The SMILES string of the molecule is CC(C)(C)[Si](C)(C)O[C@@H](c1ccc(C(F)(F)F)cc1)[C@@H](C=O)NC(=O)O. The van der Waals surface area contributed by atoms with Crippen molar-refractivity contribution in [2.45, 2.75) is 57.2 Å². The molecule has 5 nitrogen and oxygen atoms in total. The van der Waals surface area contributed by atoms with Crippen molar-refractivity contribution in [2.24, 2.45) is 0 Å². The third kappa shape index (κ3) is 5.57. The number of amides is 1. The summed E-state index contributed by atoms with van der Waals surface area (Å²) in [5, 5.41) is 10.8. The molecule has 0 radical (unpaired) electrons. The molecule has 2 N–H and O–H groups in total. The van der Waals surface area contributed by atoms with Crippen LogP contribution in [0.1, 0.15) is 38.0 Å². The average Bonchev–Trinajstić information content (AvgIpc) is 2.48. The molecule has 0 spiro atoms. The van der Waals surface area contributed by atoms with Gasteiger partial charge in [0.05, 0.1) is 11.7 Å². The second-order valence-corrected chi connectivity index (χ2v) is 12.3. The zero-order valence-corrected chi connectivity index (χ0v) is 16.3. The van der Waals surface area contributed by atoms with E-state index in [0.717, 1.165) is 12.1 Å². The van der Waals surface area contributed by atoms with Crippen LogP contribution in [-0.4, -0.2) is 31.8 Å². The molecule has 0 saturated carbocycles. The van der Waals surface area contributed by atoms with Crippen molar-refractivity contribution in [2.75, 3.05) is 0 Å². The number of nitrogens with one attached hydrogen (secondary N) is 1. The first kappa shape index (κ1) is 22.2. The lowest BCUT2D eigenvalue weighted by molar-refractivity contribution is -0.137. The number of benzene rings is 1. The Bertz CT molecular complexity index is 639. The van der Waals surface area contributed by atoms with Gasteiger partial charge in [0.15, 0.2) is 8.32 Å². The number of carbonyl (C=O) groups excluding carboxylic acids is 1. The van der Waals surface area contributed by atoms with Crippen LogP contribution in [0.2, 0.25) is 18.1 Å². The van der Waals surface area contributed by atoms with Crippen LogP contribution in [0.15, 0.2) is 24.3 Å². The summed E-state index contributed by atoms with van der Waals surface area (Å²) in [7, 11) is -2.45. The van der Waals surface area contributed by atoms with Crippen molar-refractivity contribution < 1.29 is 32.3 Å². The minimum Gasteiger partial charge on any atom is -0.465 e. The van der Waals surface area contributed by atoms with E-state index >= 15 is 0 Å². The molecule has 146 valence electrons. The molecule has 0 unspecified atom stereocenters. The quantitative estimate of drug-likeness (QED) is 0.549. The van der Waals surface area contributed by atoms with Gasteiger partial charge in [0.2, 0.25) is 0 Å². The maximum Gasteiger partial charge on any atom is 0.416 e. The number of alkyl halides is 3. The van der Waals surface area contributed by atoms with Gasteiger partial charge in [0.1, 0.15) is 12.3 Å². The van der Waals surface area contributed by atoms with Gasteiger partial charge in [-0.3, -0.25) is 0 Å². The van der Waals surface area contributed by atoms with E-state index in [-0.39, 0.29) is 5.04 Å². The maximum absolute atomic E-state index is 12.8. The largest absolute Gasteiger partial charge is 0.465 e.